The summed E-state index contributed by atoms with van der Waals surface area (Å²) in [5, 5.41) is 20.0. The van der Waals surface area contributed by atoms with Gasteiger partial charge in [-0.25, -0.2) is 9.55 Å². The highest BCUT2D eigenvalue weighted by molar-refractivity contribution is 5.18. The lowest BCUT2D eigenvalue weighted by atomic mass is 9.91. The fourth-order valence-corrected chi connectivity index (χ4v) is 2.46. The minimum Gasteiger partial charge on any atom is -0.395 e. The molecule has 0 unspecified atom stereocenters. The van der Waals surface area contributed by atoms with Crippen molar-refractivity contribution in [2.45, 2.75) is 38.8 Å². The molecule has 1 aromatic rings. The van der Waals surface area contributed by atoms with Crippen LogP contribution >= 0.6 is 0 Å². The predicted molar refractivity (Wildman–Crippen MR) is 69.9 cm³/mol. The van der Waals surface area contributed by atoms with Crippen molar-refractivity contribution in [1.82, 2.24) is 14.5 Å². The van der Waals surface area contributed by atoms with Gasteiger partial charge >= 0.3 is 5.82 Å². The highest BCUT2D eigenvalue weighted by Crippen LogP contribution is 2.24. The Morgan fingerprint density at radius 2 is 2.32 bits per heavy atom. The smallest absolute Gasteiger partial charge is 0.342 e. The van der Waals surface area contributed by atoms with Gasteiger partial charge in [0.2, 0.25) is 0 Å². The van der Waals surface area contributed by atoms with E-state index in [4.69, 9.17) is 5.11 Å². The molecule has 1 aliphatic carbocycles. The third-order valence-corrected chi connectivity index (χ3v) is 3.81. The lowest BCUT2D eigenvalue weighted by Gasteiger charge is -2.36. The number of aliphatic hydroxyl groups excluding tert-OH is 1. The van der Waals surface area contributed by atoms with Crippen LogP contribution in [-0.2, 0) is 6.54 Å². The molecule has 1 fully saturated rings. The van der Waals surface area contributed by atoms with Gasteiger partial charge in [0.05, 0.1) is 6.61 Å². The van der Waals surface area contributed by atoms with Crippen molar-refractivity contribution in [3.63, 3.8) is 0 Å². The van der Waals surface area contributed by atoms with Gasteiger partial charge in [0.15, 0.2) is 5.82 Å². The minimum absolute atomic E-state index is 0.0371. The summed E-state index contributed by atoms with van der Waals surface area (Å²) < 4.78 is 1.63. The van der Waals surface area contributed by atoms with Gasteiger partial charge in [-0.05, 0) is 17.8 Å². The Hall–Kier alpha value is -1.47. The molecule has 19 heavy (non-hydrogen) atoms. The van der Waals surface area contributed by atoms with Crippen molar-refractivity contribution in [3.05, 3.63) is 22.1 Å². The molecule has 0 bridgehead atoms. The van der Waals surface area contributed by atoms with E-state index >= 15 is 0 Å². The first kappa shape index (κ1) is 14.0. The van der Waals surface area contributed by atoms with Crippen LogP contribution in [0.15, 0.2) is 6.20 Å². The van der Waals surface area contributed by atoms with Crippen LogP contribution in [0.3, 0.4) is 0 Å². The number of imidazole rings is 1. The Labute approximate surface area is 112 Å². The largest absolute Gasteiger partial charge is 0.395 e. The summed E-state index contributed by atoms with van der Waals surface area (Å²) in [5.74, 6) is 0.694. The molecular formula is C12H20N4O3. The van der Waals surface area contributed by atoms with Gasteiger partial charge in [0.1, 0.15) is 12.7 Å². The third kappa shape index (κ3) is 3.10. The summed E-state index contributed by atoms with van der Waals surface area (Å²) in [5.41, 5.74) is 0. The van der Waals surface area contributed by atoms with Crippen LogP contribution in [0.2, 0.25) is 0 Å². The summed E-state index contributed by atoms with van der Waals surface area (Å²) in [6.45, 7) is 3.78. The molecule has 0 radical (unpaired) electrons. The first-order valence-corrected chi connectivity index (χ1v) is 6.65. The van der Waals surface area contributed by atoms with E-state index in [1.807, 2.05) is 0 Å². The third-order valence-electron chi connectivity index (χ3n) is 3.81. The standard InChI is InChI=1S/C12H20N4O3/c1-10-13-9-12(16(18)19)15(10)6-5-14(7-8-17)11-3-2-4-11/h9,11,17H,2-8H2,1H3. The normalized spacial score (nSPS) is 15.7. The minimum atomic E-state index is -0.403. The fourth-order valence-electron chi connectivity index (χ4n) is 2.46. The molecule has 0 spiro atoms. The molecule has 0 aliphatic heterocycles. The second-order valence-electron chi connectivity index (χ2n) is 4.92. The van der Waals surface area contributed by atoms with Gasteiger partial charge in [0, 0.05) is 26.1 Å². The Balaban J connectivity index is 1.99. The van der Waals surface area contributed by atoms with E-state index in [-0.39, 0.29) is 12.4 Å². The van der Waals surface area contributed by atoms with Crippen LogP contribution in [0.4, 0.5) is 5.82 Å². The Bertz CT molecular complexity index is 442. The first-order valence-electron chi connectivity index (χ1n) is 6.65. The summed E-state index contributed by atoms with van der Waals surface area (Å²) >= 11 is 0. The predicted octanol–water partition coefficient (Wildman–Crippen LogP) is 0.947. The molecule has 0 atom stereocenters. The van der Waals surface area contributed by atoms with E-state index in [1.54, 1.807) is 11.5 Å². The van der Waals surface area contributed by atoms with Crippen LogP contribution in [0, 0.1) is 17.0 Å². The molecule has 1 aliphatic rings. The number of rotatable bonds is 7. The first-order chi connectivity index (χ1) is 9.13. The van der Waals surface area contributed by atoms with Crippen LogP contribution in [0.25, 0.3) is 0 Å². The molecule has 7 heteroatoms. The van der Waals surface area contributed by atoms with E-state index in [0.29, 0.717) is 31.5 Å². The lowest BCUT2D eigenvalue weighted by Crippen LogP contribution is -2.43. The molecule has 1 N–H and O–H groups in total. The maximum Gasteiger partial charge on any atom is 0.342 e. The number of nitrogens with zero attached hydrogens (tertiary/aromatic N) is 4. The van der Waals surface area contributed by atoms with Gasteiger partial charge in [-0.1, -0.05) is 6.42 Å². The van der Waals surface area contributed by atoms with Crippen molar-refractivity contribution >= 4 is 5.82 Å². The lowest BCUT2D eigenvalue weighted by molar-refractivity contribution is -0.392. The molecular weight excluding hydrogens is 248 g/mol. The number of hydrogen-bond acceptors (Lipinski definition) is 5. The molecule has 1 saturated carbocycles. The van der Waals surface area contributed by atoms with Gasteiger partial charge in [-0.3, -0.25) is 4.90 Å². The Kier molecular flexibility index (Phi) is 4.49. The number of aromatic nitrogens is 2. The van der Waals surface area contributed by atoms with E-state index in [9.17, 15) is 10.1 Å². The van der Waals surface area contributed by atoms with E-state index in [0.717, 1.165) is 12.8 Å². The zero-order valence-electron chi connectivity index (χ0n) is 11.2. The molecule has 1 aromatic heterocycles. The highest BCUT2D eigenvalue weighted by Gasteiger charge is 2.26. The average Bonchev–Trinajstić information content (AvgIpc) is 2.65. The molecule has 1 heterocycles. The van der Waals surface area contributed by atoms with Gasteiger partial charge in [-0.2, -0.15) is 0 Å². The second-order valence-corrected chi connectivity index (χ2v) is 4.92. The molecule has 0 amide bonds. The second kappa shape index (κ2) is 6.12. The van der Waals surface area contributed by atoms with Gasteiger partial charge in [0.25, 0.3) is 0 Å². The van der Waals surface area contributed by atoms with Crippen molar-refractivity contribution < 1.29 is 10.0 Å². The van der Waals surface area contributed by atoms with Crippen molar-refractivity contribution in [2.24, 2.45) is 0 Å². The van der Waals surface area contributed by atoms with E-state index < -0.39 is 4.92 Å². The zero-order valence-corrected chi connectivity index (χ0v) is 11.2. The Morgan fingerprint density at radius 3 is 2.84 bits per heavy atom. The molecule has 0 saturated heterocycles. The average molecular weight is 268 g/mol. The monoisotopic (exact) mass is 268 g/mol. The van der Waals surface area contributed by atoms with Crippen molar-refractivity contribution in [1.29, 1.82) is 0 Å². The summed E-state index contributed by atoms with van der Waals surface area (Å²) in [7, 11) is 0. The van der Waals surface area contributed by atoms with Crippen LogP contribution < -0.4 is 0 Å². The van der Waals surface area contributed by atoms with E-state index in [2.05, 4.69) is 9.88 Å². The topological polar surface area (TPSA) is 84.4 Å². The van der Waals surface area contributed by atoms with Crippen LogP contribution in [0.5, 0.6) is 0 Å². The van der Waals surface area contributed by atoms with Gasteiger partial charge < -0.3 is 15.2 Å². The van der Waals surface area contributed by atoms with Gasteiger partial charge in [-0.15, -0.1) is 0 Å². The fraction of sp³-hybridized carbons (Fsp3) is 0.750. The number of aliphatic hydroxyl groups is 1. The van der Waals surface area contributed by atoms with E-state index in [1.165, 1.54) is 12.6 Å². The summed E-state index contributed by atoms with van der Waals surface area (Å²) in [4.78, 5) is 16.7. The number of aryl methyl sites for hydroxylation is 1. The Morgan fingerprint density at radius 1 is 1.58 bits per heavy atom. The summed E-state index contributed by atoms with van der Waals surface area (Å²) in [6.07, 6.45) is 4.85. The van der Waals surface area contributed by atoms with Crippen molar-refractivity contribution in [2.75, 3.05) is 19.7 Å². The summed E-state index contributed by atoms with van der Waals surface area (Å²) in [6, 6.07) is 0.523. The van der Waals surface area contributed by atoms with Crippen LogP contribution in [0.1, 0.15) is 25.1 Å². The van der Waals surface area contributed by atoms with Crippen LogP contribution in [-0.4, -0.2) is 50.2 Å². The number of nitro groups is 1. The zero-order chi connectivity index (χ0) is 13.8. The molecule has 2 rings (SSSR count). The van der Waals surface area contributed by atoms with Crippen molar-refractivity contribution in [3.8, 4) is 0 Å². The molecule has 0 aromatic carbocycles. The maximum absolute atomic E-state index is 10.9. The molecule has 7 nitrogen and oxygen atoms in total. The highest BCUT2D eigenvalue weighted by atomic mass is 16.6. The number of hydrogen-bond donors (Lipinski definition) is 1. The SMILES string of the molecule is Cc1ncc([N+](=O)[O-])n1CCN(CCO)C1CCC1. The molecule has 106 valence electrons. The maximum atomic E-state index is 10.9. The quantitative estimate of drug-likeness (QED) is 0.588.